The zero-order chi connectivity index (χ0) is 18.0. The third-order valence-corrected chi connectivity index (χ3v) is 5.09. The highest BCUT2D eigenvalue weighted by Crippen LogP contribution is 2.24. The van der Waals surface area contributed by atoms with Gasteiger partial charge in [-0.3, -0.25) is 4.99 Å². The highest BCUT2D eigenvalue weighted by Gasteiger charge is 2.24. The summed E-state index contributed by atoms with van der Waals surface area (Å²) in [6.45, 7) is 10.1. The summed E-state index contributed by atoms with van der Waals surface area (Å²) in [5.74, 6) is 2.59. The monoisotopic (exact) mass is 489 g/mol. The lowest BCUT2D eigenvalue weighted by atomic mass is 9.93. The highest BCUT2D eigenvalue weighted by molar-refractivity contribution is 14.0. The molecule has 7 nitrogen and oxygen atoms in total. The maximum atomic E-state index is 4.72. The Labute approximate surface area is 176 Å². The molecule has 0 spiro atoms. The Morgan fingerprint density at radius 3 is 2.81 bits per heavy atom. The molecular formula is C17H28IN7S. The van der Waals surface area contributed by atoms with E-state index in [0.717, 1.165) is 47.7 Å². The van der Waals surface area contributed by atoms with Crippen molar-refractivity contribution in [3.8, 4) is 0 Å². The summed E-state index contributed by atoms with van der Waals surface area (Å²) in [5, 5.41) is 14.5. The minimum atomic E-state index is 0. The van der Waals surface area contributed by atoms with Gasteiger partial charge in [0, 0.05) is 24.4 Å². The number of hydrogen-bond acceptors (Lipinski definition) is 5. The maximum absolute atomic E-state index is 4.72. The van der Waals surface area contributed by atoms with Gasteiger partial charge in [0.25, 0.3) is 0 Å². The molecule has 0 saturated carbocycles. The summed E-state index contributed by atoms with van der Waals surface area (Å²) < 4.78 is 2.00. The zero-order valence-corrected chi connectivity index (χ0v) is 19.2. The van der Waals surface area contributed by atoms with E-state index in [1.807, 2.05) is 11.6 Å². The normalized spacial score (nSPS) is 17.4. The minimum absolute atomic E-state index is 0. The lowest BCUT2D eigenvalue weighted by Gasteiger charge is -2.24. The van der Waals surface area contributed by atoms with Crippen molar-refractivity contribution in [3.63, 3.8) is 0 Å². The van der Waals surface area contributed by atoms with Crippen molar-refractivity contribution >= 4 is 41.3 Å². The van der Waals surface area contributed by atoms with Gasteiger partial charge in [0.1, 0.15) is 16.7 Å². The number of guanidine groups is 1. The quantitative estimate of drug-likeness (QED) is 0.394. The SMILES string of the molecule is CN=C(NCc1nc(C(C)(C)C)cs1)NC1CCCn2nc(C)nc21.I. The van der Waals surface area contributed by atoms with Crippen molar-refractivity contribution < 1.29 is 0 Å². The number of hydrogen-bond donors (Lipinski definition) is 2. The Morgan fingerprint density at radius 1 is 1.38 bits per heavy atom. The molecule has 0 saturated heterocycles. The van der Waals surface area contributed by atoms with Crippen LogP contribution in [0.4, 0.5) is 0 Å². The summed E-state index contributed by atoms with van der Waals surface area (Å²) in [6, 6.07) is 0.141. The molecule has 144 valence electrons. The number of aryl methyl sites for hydroxylation is 2. The van der Waals surface area contributed by atoms with Crippen molar-refractivity contribution in [2.75, 3.05) is 7.05 Å². The second-order valence-electron chi connectivity index (χ2n) is 7.38. The molecule has 0 fully saturated rings. The first-order valence-corrected chi connectivity index (χ1v) is 9.58. The number of nitrogens with zero attached hydrogens (tertiary/aromatic N) is 5. The van der Waals surface area contributed by atoms with Crippen molar-refractivity contribution in [1.29, 1.82) is 0 Å². The van der Waals surface area contributed by atoms with E-state index >= 15 is 0 Å². The predicted octanol–water partition coefficient (Wildman–Crippen LogP) is 3.16. The van der Waals surface area contributed by atoms with Crippen LogP contribution in [0.15, 0.2) is 10.4 Å². The zero-order valence-electron chi connectivity index (χ0n) is 16.0. The fourth-order valence-electron chi connectivity index (χ4n) is 2.86. The first-order chi connectivity index (χ1) is 11.9. The van der Waals surface area contributed by atoms with Crippen LogP contribution in [0, 0.1) is 6.92 Å². The Morgan fingerprint density at radius 2 is 2.15 bits per heavy atom. The average Bonchev–Trinajstić information content (AvgIpc) is 3.17. The molecule has 0 radical (unpaired) electrons. The molecule has 1 aliphatic rings. The Balaban J connectivity index is 0.00000243. The van der Waals surface area contributed by atoms with Gasteiger partial charge in [-0.15, -0.1) is 35.3 Å². The van der Waals surface area contributed by atoms with Gasteiger partial charge in [-0.2, -0.15) is 5.10 Å². The molecule has 0 aromatic carbocycles. The lowest BCUT2D eigenvalue weighted by molar-refractivity contribution is 0.397. The molecule has 2 aromatic rings. The van der Waals surface area contributed by atoms with Crippen LogP contribution in [-0.2, 0) is 18.5 Å². The van der Waals surface area contributed by atoms with Gasteiger partial charge >= 0.3 is 0 Å². The number of aromatic nitrogens is 4. The van der Waals surface area contributed by atoms with E-state index in [4.69, 9.17) is 4.98 Å². The summed E-state index contributed by atoms with van der Waals surface area (Å²) in [7, 11) is 1.79. The van der Waals surface area contributed by atoms with Crippen LogP contribution in [0.2, 0.25) is 0 Å². The molecule has 1 unspecified atom stereocenters. The summed E-state index contributed by atoms with van der Waals surface area (Å²) in [4.78, 5) is 13.6. The third-order valence-electron chi connectivity index (χ3n) is 4.24. The number of halogens is 1. The summed E-state index contributed by atoms with van der Waals surface area (Å²) in [5.41, 5.74) is 1.21. The van der Waals surface area contributed by atoms with Crippen LogP contribution in [-0.4, -0.2) is 32.8 Å². The van der Waals surface area contributed by atoms with Crippen LogP contribution >= 0.6 is 35.3 Å². The molecule has 1 aliphatic heterocycles. The Hall–Kier alpha value is -1.23. The Bertz CT molecular complexity index is 759. The number of thiazole rings is 1. The van der Waals surface area contributed by atoms with Gasteiger partial charge in [0.05, 0.1) is 18.3 Å². The lowest BCUT2D eigenvalue weighted by Crippen LogP contribution is -2.41. The first kappa shape index (κ1) is 21.1. The van der Waals surface area contributed by atoms with E-state index < -0.39 is 0 Å². The summed E-state index contributed by atoms with van der Waals surface area (Å²) in [6.07, 6.45) is 2.12. The minimum Gasteiger partial charge on any atom is -0.350 e. The predicted molar refractivity (Wildman–Crippen MR) is 116 cm³/mol. The van der Waals surface area contributed by atoms with E-state index in [0.29, 0.717) is 6.54 Å². The molecule has 0 aliphatic carbocycles. The van der Waals surface area contributed by atoms with Crippen LogP contribution in [0.5, 0.6) is 0 Å². The van der Waals surface area contributed by atoms with Crippen molar-refractivity contribution in [3.05, 3.63) is 27.7 Å². The maximum Gasteiger partial charge on any atom is 0.191 e. The van der Waals surface area contributed by atoms with Crippen LogP contribution < -0.4 is 10.6 Å². The second-order valence-corrected chi connectivity index (χ2v) is 8.32. The number of nitrogens with one attached hydrogen (secondary N) is 2. The third kappa shape index (κ3) is 4.93. The fraction of sp³-hybridized carbons (Fsp3) is 0.647. The fourth-order valence-corrected chi connectivity index (χ4v) is 3.82. The van der Waals surface area contributed by atoms with Crippen LogP contribution in [0.25, 0.3) is 0 Å². The van der Waals surface area contributed by atoms with Crippen LogP contribution in [0.3, 0.4) is 0 Å². The van der Waals surface area contributed by atoms with Gasteiger partial charge in [0.2, 0.25) is 0 Å². The van der Waals surface area contributed by atoms with Crippen molar-refractivity contribution in [2.24, 2.45) is 4.99 Å². The van der Waals surface area contributed by atoms with E-state index in [1.165, 1.54) is 0 Å². The molecule has 26 heavy (non-hydrogen) atoms. The largest absolute Gasteiger partial charge is 0.350 e. The number of rotatable bonds is 3. The number of fused-ring (bicyclic) bond motifs is 1. The molecule has 3 heterocycles. The van der Waals surface area contributed by atoms with Crippen molar-refractivity contribution in [1.82, 2.24) is 30.4 Å². The van der Waals surface area contributed by atoms with Crippen molar-refractivity contribution in [2.45, 2.75) is 65.1 Å². The van der Waals surface area contributed by atoms with E-state index in [-0.39, 0.29) is 35.4 Å². The molecular weight excluding hydrogens is 461 g/mol. The van der Waals surface area contributed by atoms with Gasteiger partial charge in [-0.05, 0) is 19.8 Å². The number of aliphatic imine (C=N–C) groups is 1. The molecule has 9 heteroatoms. The summed E-state index contributed by atoms with van der Waals surface area (Å²) >= 11 is 1.68. The van der Waals surface area contributed by atoms with Crippen LogP contribution in [0.1, 0.15) is 62.0 Å². The van der Waals surface area contributed by atoms with Gasteiger partial charge in [0.15, 0.2) is 5.96 Å². The average molecular weight is 489 g/mol. The molecule has 2 aromatic heterocycles. The molecule has 2 N–H and O–H groups in total. The smallest absolute Gasteiger partial charge is 0.191 e. The van der Waals surface area contributed by atoms with Gasteiger partial charge in [-0.25, -0.2) is 14.6 Å². The van der Waals surface area contributed by atoms with E-state index in [9.17, 15) is 0 Å². The van der Waals surface area contributed by atoms with E-state index in [1.54, 1.807) is 18.4 Å². The van der Waals surface area contributed by atoms with Gasteiger partial charge < -0.3 is 10.6 Å². The molecule has 3 rings (SSSR count). The highest BCUT2D eigenvalue weighted by atomic mass is 127. The second kappa shape index (κ2) is 8.64. The first-order valence-electron chi connectivity index (χ1n) is 8.70. The van der Waals surface area contributed by atoms with Gasteiger partial charge in [-0.1, -0.05) is 20.8 Å². The van der Waals surface area contributed by atoms with E-state index in [2.05, 4.69) is 51.9 Å². The standard InChI is InChI=1S/C17H27N7S.HI/c1-11-20-15-12(7-6-8-24(15)23-11)21-16(18-5)19-9-14-22-13(10-25-14)17(2,3)4;/h10,12H,6-9H2,1-5H3,(H2,18,19,21);1H. The molecule has 0 amide bonds. The Kier molecular flexibility index (Phi) is 7.00. The molecule has 0 bridgehead atoms. The molecule has 1 atom stereocenters. The topological polar surface area (TPSA) is 80.0 Å².